The average molecular weight is 314 g/mol. The summed E-state index contributed by atoms with van der Waals surface area (Å²) in [5.74, 6) is 0.129. The van der Waals surface area contributed by atoms with Gasteiger partial charge in [0.05, 0.1) is 11.4 Å². The molecular formula is C14H22BrN2O+. The van der Waals surface area contributed by atoms with E-state index in [9.17, 15) is 4.79 Å². The lowest BCUT2D eigenvalue weighted by Gasteiger charge is -2.18. The number of carbonyl (C=O) groups is 1. The number of halogens is 1. The molecule has 1 atom stereocenters. The third kappa shape index (κ3) is 4.41. The quantitative estimate of drug-likeness (QED) is 0.431. The first kappa shape index (κ1) is 15.2. The zero-order valence-electron chi connectivity index (χ0n) is 11.2. The van der Waals surface area contributed by atoms with E-state index in [0.29, 0.717) is 0 Å². The predicted molar refractivity (Wildman–Crippen MR) is 77.3 cm³/mol. The highest BCUT2D eigenvalue weighted by atomic mass is 79.9. The van der Waals surface area contributed by atoms with E-state index in [2.05, 4.69) is 22.9 Å². The Morgan fingerprint density at radius 2 is 1.89 bits per heavy atom. The number of alkyl halides is 1. The minimum Gasteiger partial charge on any atom is -0.268 e. The predicted octanol–water partition coefficient (Wildman–Crippen LogP) is 2.80. The number of aromatic nitrogens is 1. The largest absolute Gasteiger partial charge is 0.291 e. The molecule has 0 saturated carbocycles. The highest BCUT2D eigenvalue weighted by molar-refractivity contribution is 9.10. The van der Waals surface area contributed by atoms with E-state index >= 15 is 0 Å². The van der Waals surface area contributed by atoms with E-state index in [1.165, 1.54) is 0 Å². The Balaban J connectivity index is 2.78. The second-order valence-corrected chi connectivity index (χ2v) is 5.41. The van der Waals surface area contributed by atoms with Crippen molar-refractivity contribution < 1.29 is 9.47 Å². The van der Waals surface area contributed by atoms with Gasteiger partial charge in [-0.3, -0.25) is 4.79 Å². The molecule has 0 spiro atoms. The van der Waals surface area contributed by atoms with Crippen molar-refractivity contribution in [2.24, 2.45) is 0 Å². The van der Waals surface area contributed by atoms with Crippen LogP contribution in [0.2, 0.25) is 0 Å². The summed E-state index contributed by atoms with van der Waals surface area (Å²) in [6.07, 6.45) is 7.98. The second kappa shape index (κ2) is 8.25. The van der Waals surface area contributed by atoms with E-state index in [1.807, 2.05) is 47.2 Å². The molecule has 1 aromatic rings. The van der Waals surface area contributed by atoms with Gasteiger partial charge in [-0.05, 0) is 12.8 Å². The minimum atomic E-state index is -0.105. The lowest BCUT2D eigenvalue weighted by Crippen LogP contribution is -2.62. The number of nitrogens with zero attached hydrogens (tertiary/aromatic N) is 2. The van der Waals surface area contributed by atoms with Crippen molar-refractivity contribution in [2.45, 2.75) is 44.4 Å². The third-order valence-electron chi connectivity index (χ3n) is 2.83. The van der Waals surface area contributed by atoms with Crippen LogP contribution in [0.5, 0.6) is 0 Å². The van der Waals surface area contributed by atoms with Crippen molar-refractivity contribution in [3.8, 4) is 0 Å². The minimum absolute atomic E-state index is 0.105. The molecule has 0 aromatic carbocycles. The van der Waals surface area contributed by atoms with E-state index in [1.54, 1.807) is 0 Å². The number of rotatable bonds is 7. The van der Waals surface area contributed by atoms with Gasteiger partial charge in [0.1, 0.15) is 0 Å². The fourth-order valence-corrected chi connectivity index (χ4v) is 1.97. The first-order valence-electron chi connectivity index (χ1n) is 6.62. The van der Waals surface area contributed by atoms with Gasteiger partial charge in [-0.15, -0.1) is 5.01 Å². The fraction of sp³-hybridized carbons (Fsp3) is 0.571. The van der Waals surface area contributed by atoms with Crippen molar-refractivity contribution in [1.29, 1.82) is 0 Å². The highest BCUT2D eigenvalue weighted by Crippen LogP contribution is 2.07. The molecule has 0 fully saturated rings. The Kier molecular flexibility index (Phi) is 6.94. The van der Waals surface area contributed by atoms with Crippen LogP contribution < -0.4 is 9.69 Å². The smallest absolute Gasteiger partial charge is 0.268 e. The van der Waals surface area contributed by atoms with Gasteiger partial charge in [0.25, 0.3) is 5.91 Å². The third-order valence-corrected chi connectivity index (χ3v) is 3.87. The molecule has 3 nitrogen and oxygen atoms in total. The van der Waals surface area contributed by atoms with Gasteiger partial charge < -0.3 is 0 Å². The maximum Gasteiger partial charge on any atom is 0.291 e. The van der Waals surface area contributed by atoms with E-state index in [-0.39, 0.29) is 10.7 Å². The van der Waals surface area contributed by atoms with Crippen molar-refractivity contribution in [3.63, 3.8) is 0 Å². The summed E-state index contributed by atoms with van der Waals surface area (Å²) in [5, 5.41) is 1.82. The fourth-order valence-electron chi connectivity index (χ4n) is 1.74. The summed E-state index contributed by atoms with van der Waals surface area (Å²) in [4.78, 5) is 12.2. The number of hydrogen-bond acceptors (Lipinski definition) is 1. The molecule has 1 heterocycles. The average Bonchev–Trinajstić information content (AvgIpc) is 2.43. The molecule has 0 aliphatic heterocycles. The van der Waals surface area contributed by atoms with Crippen molar-refractivity contribution >= 4 is 21.8 Å². The molecule has 100 valence electrons. The molecule has 4 heteroatoms. The van der Waals surface area contributed by atoms with Gasteiger partial charge in [0.2, 0.25) is 0 Å². The molecule has 1 aromatic heterocycles. The van der Waals surface area contributed by atoms with Crippen LogP contribution in [0, 0.1) is 0 Å². The van der Waals surface area contributed by atoms with Crippen LogP contribution in [0.4, 0.5) is 0 Å². The first-order valence-corrected chi connectivity index (χ1v) is 7.54. The number of unbranched alkanes of at least 4 members (excludes halogenated alkanes) is 2. The maximum atomic E-state index is 12.3. The van der Waals surface area contributed by atoms with E-state index in [0.717, 1.165) is 32.2 Å². The van der Waals surface area contributed by atoms with Crippen LogP contribution in [0.3, 0.4) is 0 Å². The SMILES string of the molecule is CCCCCN(C(=O)C(Br)CC)[n+]1ccccc1. The summed E-state index contributed by atoms with van der Waals surface area (Å²) in [6.45, 7) is 4.95. The Morgan fingerprint density at radius 3 is 2.44 bits per heavy atom. The lowest BCUT2D eigenvalue weighted by atomic mass is 10.2. The molecule has 1 unspecified atom stereocenters. The van der Waals surface area contributed by atoms with Gasteiger partial charge in [-0.1, -0.05) is 53.4 Å². The molecule has 0 aliphatic carbocycles. The van der Waals surface area contributed by atoms with Crippen molar-refractivity contribution in [1.82, 2.24) is 0 Å². The lowest BCUT2D eigenvalue weighted by molar-refractivity contribution is -0.683. The normalized spacial score (nSPS) is 12.2. The van der Waals surface area contributed by atoms with Gasteiger partial charge in [0.15, 0.2) is 12.4 Å². The number of amides is 1. The van der Waals surface area contributed by atoms with Gasteiger partial charge in [0, 0.05) is 12.1 Å². The first-order chi connectivity index (χ1) is 8.70. The zero-order chi connectivity index (χ0) is 13.4. The number of pyridine rings is 1. The Hall–Kier alpha value is -0.900. The van der Waals surface area contributed by atoms with Crippen LogP contribution in [0.25, 0.3) is 0 Å². The van der Waals surface area contributed by atoms with Crippen LogP contribution in [-0.4, -0.2) is 17.3 Å². The molecule has 1 amide bonds. The zero-order valence-corrected chi connectivity index (χ0v) is 12.8. The summed E-state index contributed by atoms with van der Waals surface area (Å²) < 4.78 is 1.88. The molecule has 0 bridgehead atoms. The summed E-state index contributed by atoms with van der Waals surface area (Å²) in [5.41, 5.74) is 0. The molecule has 0 radical (unpaired) electrons. The summed E-state index contributed by atoms with van der Waals surface area (Å²) in [7, 11) is 0. The number of carbonyl (C=O) groups excluding carboxylic acids is 1. The van der Waals surface area contributed by atoms with Crippen LogP contribution in [0.15, 0.2) is 30.6 Å². The summed E-state index contributed by atoms with van der Waals surface area (Å²) >= 11 is 3.44. The van der Waals surface area contributed by atoms with Crippen LogP contribution >= 0.6 is 15.9 Å². The van der Waals surface area contributed by atoms with Crippen LogP contribution in [-0.2, 0) is 4.79 Å². The Labute approximate surface area is 118 Å². The highest BCUT2D eigenvalue weighted by Gasteiger charge is 2.26. The maximum absolute atomic E-state index is 12.3. The molecule has 0 aliphatic rings. The van der Waals surface area contributed by atoms with Gasteiger partial charge in [-0.2, -0.15) is 0 Å². The molecule has 1 rings (SSSR count). The topological polar surface area (TPSA) is 24.2 Å². The summed E-state index contributed by atoms with van der Waals surface area (Å²) in [6, 6.07) is 5.83. The number of hydrogen-bond donors (Lipinski definition) is 0. The van der Waals surface area contributed by atoms with Gasteiger partial charge >= 0.3 is 0 Å². The van der Waals surface area contributed by atoms with E-state index < -0.39 is 0 Å². The van der Waals surface area contributed by atoms with Crippen LogP contribution in [0.1, 0.15) is 39.5 Å². The standard InChI is InChI=1S/C14H22BrN2O/c1-3-5-7-12-17(14(18)13(15)4-2)16-10-8-6-9-11-16/h6,8-11,13H,3-5,7,12H2,1-2H3/q+1. The molecule has 0 N–H and O–H groups in total. The van der Waals surface area contributed by atoms with Crippen molar-refractivity contribution in [3.05, 3.63) is 30.6 Å². The van der Waals surface area contributed by atoms with E-state index in [4.69, 9.17) is 0 Å². The second-order valence-electron chi connectivity index (χ2n) is 4.30. The van der Waals surface area contributed by atoms with Gasteiger partial charge in [-0.25, -0.2) is 0 Å². The molecule has 18 heavy (non-hydrogen) atoms. The van der Waals surface area contributed by atoms with Crippen molar-refractivity contribution in [2.75, 3.05) is 11.6 Å². The molecule has 0 saturated heterocycles. The monoisotopic (exact) mass is 313 g/mol. The molecular weight excluding hydrogens is 292 g/mol. The Morgan fingerprint density at radius 1 is 1.22 bits per heavy atom. The Bertz CT molecular complexity index is 356.